The van der Waals surface area contributed by atoms with Gasteiger partial charge in [-0.15, -0.1) is 5.10 Å². The van der Waals surface area contributed by atoms with E-state index in [2.05, 4.69) is 15.5 Å². The maximum atomic E-state index is 9.42. The molecule has 0 spiro atoms. The Bertz CT molecular complexity index is 412. The Morgan fingerprint density at radius 1 is 1.54 bits per heavy atom. The van der Waals surface area contributed by atoms with Crippen molar-refractivity contribution in [2.24, 2.45) is 5.73 Å². The third-order valence-corrected chi connectivity index (χ3v) is 1.82. The van der Waals surface area contributed by atoms with Crippen molar-refractivity contribution in [3.63, 3.8) is 0 Å². The zero-order valence-corrected chi connectivity index (χ0v) is 6.83. The van der Waals surface area contributed by atoms with E-state index in [1.54, 1.807) is 18.3 Å². The topological polar surface area (TPSA) is 89.3 Å². The molecule has 0 aliphatic carbocycles. The molecule has 0 amide bonds. The van der Waals surface area contributed by atoms with Gasteiger partial charge in [-0.3, -0.25) is 0 Å². The van der Waals surface area contributed by atoms with Crippen molar-refractivity contribution in [1.29, 1.82) is 0 Å². The zero-order chi connectivity index (χ0) is 9.26. The molecule has 1 atom stereocenters. The second-order valence-electron chi connectivity index (χ2n) is 2.70. The molecule has 6 nitrogen and oxygen atoms in total. The Hall–Kier alpha value is -1.53. The lowest BCUT2D eigenvalue weighted by atomic mass is 10.2. The summed E-state index contributed by atoms with van der Waals surface area (Å²) in [6.07, 6.45) is 1.00. The predicted octanol–water partition coefficient (Wildman–Crippen LogP) is -0.884. The van der Waals surface area contributed by atoms with Gasteiger partial charge in [-0.2, -0.15) is 0 Å². The van der Waals surface area contributed by atoms with E-state index in [9.17, 15) is 5.11 Å². The van der Waals surface area contributed by atoms with Crippen LogP contribution in [0.15, 0.2) is 18.3 Å². The summed E-state index contributed by atoms with van der Waals surface area (Å²) in [5.41, 5.74) is 6.67. The molecule has 2 rings (SSSR count). The molecule has 3 N–H and O–H groups in total. The van der Waals surface area contributed by atoms with Crippen LogP contribution in [0.1, 0.15) is 11.7 Å². The number of nitrogens with zero attached hydrogens (tertiary/aromatic N) is 4. The minimum Gasteiger partial charge on any atom is -0.387 e. The van der Waals surface area contributed by atoms with Gasteiger partial charge in [-0.25, -0.2) is 4.52 Å². The molecular formula is C7H9N5O. The largest absolute Gasteiger partial charge is 0.387 e. The van der Waals surface area contributed by atoms with Crippen LogP contribution in [0, 0.1) is 0 Å². The first-order chi connectivity index (χ1) is 6.31. The first-order valence-corrected chi connectivity index (χ1v) is 3.87. The van der Waals surface area contributed by atoms with E-state index in [4.69, 9.17) is 5.73 Å². The van der Waals surface area contributed by atoms with E-state index in [0.29, 0.717) is 11.2 Å². The van der Waals surface area contributed by atoms with Gasteiger partial charge >= 0.3 is 0 Å². The maximum absolute atomic E-state index is 9.42. The Balaban J connectivity index is 2.48. The summed E-state index contributed by atoms with van der Waals surface area (Å²) in [5, 5.41) is 20.3. The number of rotatable bonds is 2. The van der Waals surface area contributed by atoms with E-state index in [1.807, 2.05) is 0 Å². The number of aliphatic hydroxyl groups excluding tert-OH is 1. The van der Waals surface area contributed by atoms with Gasteiger partial charge in [-0.1, -0.05) is 6.07 Å². The fourth-order valence-electron chi connectivity index (χ4n) is 1.09. The third kappa shape index (κ3) is 1.36. The van der Waals surface area contributed by atoms with Gasteiger partial charge in [0.25, 0.3) is 0 Å². The number of aliphatic hydroxyl groups is 1. The lowest BCUT2D eigenvalue weighted by molar-refractivity contribution is 0.186. The Kier molecular flexibility index (Phi) is 1.91. The second kappa shape index (κ2) is 3.08. The number of nitrogens with two attached hydrogens (primary N) is 1. The van der Waals surface area contributed by atoms with Crippen molar-refractivity contribution >= 4 is 5.65 Å². The molecule has 6 heteroatoms. The van der Waals surface area contributed by atoms with Crippen LogP contribution in [0.3, 0.4) is 0 Å². The summed E-state index contributed by atoms with van der Waals surface area (Å²) < 4.78 is 1.49. The van der Waals surface area contributed by atoms with Gasteiger partial charge in [0, 0.05) is 18.3 Å². The van der Waals surface area contributed by atoms with E-state index in [0.717, 1.165) is 0 Å². The van der Waals surface area contributed by atoms with E-state index < -0.39 is 6.10 Å². The van der Waals surface area contributed by atoms with Crippen LogP contribution >= 0.6 is 0 Å². The molecule has 0 radical (unpaired) electrons. The van der Waals surface area contributed by atoms with Crippen LogP contribution in [0.5, 0.6) is 0 Å². The van der Waals surface area contributed by atoms with Crippen LogP contribution in [0.4, 0.5) is 0 Å². The van der Waals surface area contributed by atoms with Crippen LogP contribution in [-0.4, -0.2) is 31.7 Å². The highest BCUT2D eigenvalue weighted by Gasteiger charge is 2.06. The molecule has 0 aromatic carbocycles. The SMILES string of the molecule is NCC(O)c1ccc2nnnn2c1. The molecule has 2 aromatic heterocycles. The molecule has 1 unspecified atom stereocenters. The Morgan fingerprint density at radius 3 is 3.15 bits per heavy atom. The van der Waals surface area contributed by atoms with E-state index in [-0.39, 0.29) is 6.54 Å². The highest BCUT2D eigenvalue weighted by atomic mass is 16.3. The van der Waals surface area contributed by atoms with Gasteiger partial charge in [0.1, 0.15) is 0 Å². The Morgan fingerprint density at radius 2 is 2.38 bits per heavy atom. The average Bonchev–Trinajstić information content (AvgIpc) is 2.63. The average molecular weight is 179 g/mol. The van der Waals surface area contributed by atoms with Crippen LogP contribution in [0.25, 0.3) is 5.65 Å². The number of tetrazole rings is 1. The molecule has 2 heterocycles. The van der Waals surface area contributed by atoms with Gasteiger partial charge in [-0.05, 0) is 16.5 Å². The van der Waals surface area contributed by atoms with Crippen molar-refractivity contribution in [2.45, 2.75) is 6.10 Å². The minimum absolute atomic E-state index is 0.188. The summed E-state index contributed by atoms with van der Waals surface area (Å²) in [7, 11) is 0. The maximum Gasteiger partial charge on any atom is 0.179 e. The number of aromatic nitrogens is 4. The summed E-state index contributed by atoms with van der Waals surface area (Å²) >= 11 is 0. The predicted molar refractivity (Wildman–Crippen MR) is 44.8 cm³/mol. The highest BCUT2D eigenvalue weighted by molar-refractivity contribution is 5.36. The zero-order valence-electron chi connectivity index (χ0n) is 6.83. The lowest BCUT2D eigenvalue weighted by Gasteiger charge is -2.06. The first-order valence-electron chi connectivity index (χ1n) is 3.87. The molecular weight excluding hydrogens is 170 g/mol. The summed E-state index contributed by atoms with van der Waals surface area (Å²) in [5.74, 6) is 0. The van der Waals surface area contributed by atoms with Crippen molar-refractivity contribution in [3.05, 3.63) is 23.9 Å². The Labute approximate surface area is 74.0 Å². The second-order valence-corrected chi connectivity index (χ2v) is 2.70. The monoisotopic (exact) mass is 179 g/mol. The van der Waals surface area contributed by atoms with Crippen molar-refractivity contribution in [1.82, 2.24) is 20.0 Å². The minimum atomic E-state index is -0.659. The number of hydrogen-bond acceptors (Lipinski definition) is 5. The summed E-state index contributed by atoms with van der Waals surface area (Å²) in [6.45, 7) is 0.188. The van der Waals surface area contributed by atoms with Gasteiger partial charge in [0.05, 0.1) is 6.10 Å². The van der Waals surface area contributed by atoms with Crippen molar-refractivity contribution in [3.8, 4) is 0 Å². The molecule has 0 fully saturated rings. The quantitative estimate of drug-likeness (QED) is 0.624. The van der Waals surface area contributed by atoms with E-state index >= 15 is 0 Å². The molecule has 0 aliphatic heterocycles. The van der Waals surface area contributed by atoms with Crippen LogP contribution in [-0.2, 0) is 0 Å². The van der Waals surface area contributed by atoms with Gasteiger partial charge in [0.2, 0.25) is 0 Å². The lowest BCUT2D eigenvalue weighted by Crippen LogP contribution is -2.12. The van der Waals surface area contributed by atoms with Crippen LogP contribution < -0.4 is 5.73 Å². The van der Waals surface area contributed by atoms with Crippen LogP contribution in [0.2, 0.25) is 0 Å². The summed E-state index contributed by atoms with van der Waals surface area (Å²) in [4.78, 5) is 0. The summed E-state index contributed by atoms with van der Waals surface area (Å²) in [6, 6.07) is 3.48. The van der Waals surface area contributed by atoms with Gasteiger partial charge in [0.15, 0.2) is 5.65 Å². The number of pyridine rings is 1. The third-order valence-electron chi connectivity index (χ3n) is 1.82. The van der Waals surface area contributed by atoms with Gasteiger partial charge < -0.3 is 10.8 Å². The molecule has 0 saturated carbocycles. The molecule has 0 saturated heterocycles. The van der Waals surface area contributed by atoms with Crippen molar-refractivity contribution < 1.29 is 5.11 Å². The van der Waals surface area contributed by atoms with E-state index in [1.165, 1.54) is 4.52 Å². The fourth-order valence-corrected chi connectivity index (χ4v) is 1.09. The molecule has 0 bridgehead atoms. The standard InChI is InChI=1S/C7H9N5O/c8-3-6(13)5-1-2-7-9-10-11-12(7)4-5/h1-2,4,6,13H,3,8H2. The fraction of sp³-hybridized carbons (Fsp3) is 0.286. The molecule has 0 aliphatic rings. The molecule has 68 valence electrons. The number of fused-ring (bicyclic) bond motifs is 1. The molecule has 2 aromatic rings. The first kappa shape index (κ1) is 8.09. The normalized spacial score (nSPS) is 13.4. The van der Waals surface area contributed by atoms with Crippen molar-refractivity contribution in [2.75, 3.05) is 6.54 Å². The molecule has 13 heavy (non-hydrogen) atoms. The smallest absolute Gasteiger partial charge is 0.179 e. The highest BCUT2D eigenvalue weighted by Crippen LogP contribution is 2.10. The number of hydrogen-bond donors (Lipinski definition) is 2.